The minimum absolute atomic E-state index is 0.0181. The zero-order chi connectivity index (χ0) is 18.5. The maximum absolute atomic E-state index is 12.6. The van der Waals surface area contributed by atoms with Gasteiger partial charge < -0.3 is 9.64 Å². The van der Waals surface area contributed by atoms with Crippen LogP contribution in [0.3, 0.4) is 0 Å². The van der Waals surface area contributed by atoms with Crippen LogP contribution in [0.5, 0.6) is 0 Å². The molecule has 5 heteroatoms. The number of halogens is 1. The number of hydrogen-bond donors (Lipinski definition) is 0. The number of benzene rings is 2. The predicted molar refractivity (Wildman–Crippen MR) is 104 cm³/mol. The minimum Gasteiger partial charge on any atom is -0.371 e. The number of morpholine rings is 1. The highest BCUT2D eigenvalue weighted by atomic mass is 35.5. The van der Waals surface area contributed by atoms with Gasteiger partial charge in [-0.25, -0.2) is 0 Å². The molecular weight excluding hydrogens is 348 g/mol. The number of likely N-dealkylation sites (N-methyl/N-ethyl adjacent to an activating group) is 1. The molecule has 1 saturated heterocycles. The van der Waals surface area contributed by atoms with Gasteiger partial charge in [0, 0.05) is 31.7 Å². The number of rotatable bonds is 5. The molecule has 1 atom stereocenters. The second kappa shape index (κ2) is 8.67. The van der Waals surface area contributed by atoms with E-state index in [1.807, 2.05) is 43.4 Å². The summed E-state index contributed by atoms with van der Waals surface area (Å²) < 4.78 is 5.88. The molecule has 0 radical (unpaired) electrons. The van der Waals surface area contributed by atoms with Crippen molar-refractivity contribution < 1.29 is 9.53 Å². The lowest BCUT2D eigenvalue weighted by atomic mass is 10.1. The first kappa shape index (κ1) is 18.9. The lowest BCUT2D eigenvalue weighted by Crippen LogP contribution is -2.44. The highest BCUT2D eigenvalue weighted by Gasteiger charge is 2.24. The molecule has 0 spiro atoms. The molecule has 0 bridgehead atoms. The van der Waals surface area contributed by atoms with E-state index in [0.29, 0.717) is 26.2 Å². The van der Waals surface area contributed by atoms with Crippen LogP contribution in [-0.2, 0) is 16.1 Å². The third-order valence-corrected chi connectivity index (χ3v) is 5.10. The highest BCUT2D eigenvalue weighted by Crippen LogP contribution is 2.23. The van der Waals surface area contributed by atoms with Crippen molar-refractivity contribution >= 4 is 17.5 Å². The predicted octanol–water partition coefficient (Wildman–Crippen LogP) is 3.68. The van der Waals surface area contributed by atoms with Crippen molar-refractivity contribution in [1.29, 1.82) is 0 Å². The molecule has 0 aromatic heterocycles. The van der Waals surface area contributed by atoms with Crippen molar-refractivity contribution in [2.75, 3.05) is 33.3 Å². The highest BCUT2D eigenvalue weighted by molar-refractivity contribution is 6.30. The van der Waals surface area contributed by atoms with Crippen LogP contribution in [0.4, 0.5) is 0 Å². The fraction of sp³-hybridized carbons (Fsp3) is 0.381. The number of ether oxygens (including phenoxy) is 1. The normalized spacial score (nSPS) is 17.9. The summed E-state index contributed by atoms with van der Waals surface area (Å²) in [6.07, 6.45) is -0.0181. The van der Waals surface area contributed by atoms with E-state index in [1.54, 1.807) is 4.90 Å². The Balaban J connectivity index is 1.56. The fourth-order valence-corrected chi connectivity index (χ4v) is 3.29. The molecule has 1 fully saturated rings. The van der Waals surface area contributed by atoms with Gasteiger partial charge in [-0.3, -0.25) is 9.69 Å². The summed E-state index contributed by atoms with van der Waals surface area (Å²) in [4.78, 5) is 16.6. The zero-order valence-corrected chi connectivity index (χ0v) is 16.1. The Kier molecular flexibility index (Phi) is 6.30. The largest absolute Gasteiger partial charge is 0.371 e. The van der Waals surface area contributed by atoms with Crippen LogP contribution in [-0.4, -0.2) is 49.0 Å². The zero-order valence-electron chi connectivity index (χ0n) is 15.3. The molecule has 1 unspecified atom stereocenters. The fourth-order valence-electron chi connectivity index (χ4n) is 3.17. The quantitative estimate of drug-likeness (QED) is 0.802. The Morgan fingerprint density at radius 1 is 1.23 bits per heavy atom. The van der Waals surface area contributed by atoms with Crippen LogP contribution in [0.25, 0.3) is 0 Å². The second-order valence-corrected chi connectivity index (χ2v) is 7.26. The third kappa shape index (κ3) is 4.85. The molecule has 138 valence electrons. The number of hydrogen-bond acceptors (Lipinski definition) is 3. The summed E-state index contributed by atoms with van der Waals surface area (Å²) in [7, 11) is 1.87. The summed E-state index contributed by atoms with van der Waals surface area (Å²) >= 11 is 5.96. The third-order valence-electron chi connectivity index (χ3n) is 4.85. The first-order valence-corrected chi connectivity index (χ1v) is 9.28. The number of carbonyl (C=O) groups excluding carboxylic acids is 1. The number of aryl methyl sites for hydroxylation is 1. The van der Waals surface area contributed by atoms with Crippen molar-refractivity contribution in [1.82, 2.24) is 9.80 Å². The van der Waals surface area contributed by atoms with Crippen LogP contribution in [0, 0.1) is 6.92 Å². The molecule has 0 aliphatic carbocycles. The van der Waals surface area contributed by atoms with E-state index in [9.17, 15) is 4.79 Å². The minimum atomic E-state index is -0.0181. The molecule has 1 heterocycles. The van der Waals surface area contributed by atoms with Gasteiger partial charge in [0.05, 0.1) is 19.3 Å². The Morgan fingerprint density at radius 2 is 1.96 bits per heavy atom. The van der Waals surface area contributed by atoms with Gasteiger partial charge in [-0.1, -0.05) is 48.0 Å². The first-order chi connectivity index (χ1) is 12.5. The molecule has 3 rings (SSSR count). The number of amides is 1. The van der Waals surface area contributed by atoms with E-state index in [1.165, 1.54) is 11.1 Å². The van der Waals surface area contributed by atoms with Gasteiger partial charge in [0.25, 0.3) is 0 Å². The van der Waals surface area contributed by atoms with Gasteiger partial charge in [0.1, 0.15) is 0 Å². The van der Waals surface area contributed by atoms with Crippen LogP contribution >= 0.6 is 11.6 Å². The number of nitrogens with zero attached hydrogens (tertiary/aromatic N) is 2. The summed E-state index contributed by atoms with van der Waals surface area (Å²) in [5.74, 6) is 0.130. The molecule has 1 amide bonds. The van der Waals surface area contributed by atoms with E-state index in [-0.39, 0.29) is 12.0 Å². The molecule has 2 aromatic carbocycles. The summed E-state index contributed by atoms with van der Waals surface area (Å²) in [5, 5.41) is 0.717. The van der Waals surface area contributed by atoms with E-state index < -0.39 is 0 Å². The monoisotopic (exact) mass is 372 g/mol. The Morgan fingerprint density at radius 3 is 2.69 bits per heavy atom. The Bertz CT molecular complexity index is 748. The van der Waals surface area contributed by atoms with E-state index >= 15 is 0 Å². The average Bonchev–Trinajstić information content (AvgIpc) is 2.64. The standard InChI is InChI=1S/C21H25ClN2O2/c1-16-5-3-4-6-18(16)13-23(2)21(25)15-24-11-12-26-20(14-24)17-7-9-19(22)10-8-17/h3-10,20H,11-15H2,1-2H3. The molecule has 26 heavy (non-hydrogen) atoms. The van der Waals surface area contributed by atoms with Crippen molar-refractivity contribution in [3.05, 3.63) is 70.2 Å². The summed E-state index contributed by atoms with van der Waals surface area (Å²) in [5.41, 5.74) is 3.49. The van der Waals surface area contributed by atoms with Gasteiger partial charge >= 0.3 is 0 Å². The van der Waals surface area contributed by atoms with E-state index in [4.69, 9.17) is 16.3 Å². The van der Waals surface area contributed by atoms with Crippen molar-refractivity contribution in [2.45, 2.75) is 19.6 Å². The molecule has 4 nitrogen and oxygen atoms in total. The van der Waals surface area contributed by atoms with Gasteiger partial charge in [-0.2, -0.15) is 0 Å². The SMILES string of the molecule is Cc1ccccc1CN(C)C(=O)CN1CCOC(c2ccc(Cl)cc2)C1. The van der Waals surface area contributed by atoms with Crippen molar-refractivity contribution in [3.8, 4) is 0 Å². The van der Waals surface area contributed by atoms with E-state index in [0.717, 1.165) is 17.1 Å². The number of carbonyl (C=O) groups is 1. The molecule has 1 aliphatic heterocycles. The molecule has 1 aliphatic rings. The first-order valence-electron chi connectivity index (χ1n) is 8.91. The summed E-state index contributed by atoms with van der Waals surface area (Å²) in [6.45, 7) is 5.24. The Labute approximate surface area is 160 Å². The van der Waals surface area contributed by atoms with Crippen LogP contribution < -0.4 is 0 Å². The maximum atomic E-state index is 12.6. The molecule has 2 aromatic rings. The molecular formula is C21H25ClN2O2. The van der Waals surface area contributed by atoms with Gasteiger partial charge in [-0.05, 0) is 35.7 Å². The lowest BCUT2D eigenvalue weighted by Gasteiger charge is -2.33. The second-order valence-electron chi connectivity index (χ2n) is 6.82. The smallest absolute Gasteiger partial charge is 0.236 e. The average molecular weight is 373 g/mol. The van der Waals surface area contributed by atoms with Gasteiger partial charge in [-0.15, -0.1) is 0 Å². The Hall–Kier alpha value is -1.88. The van der Waals surface area contributed by atoms with Crippen LogP contribution in [0.15, 0.2) is 48.5 Å². The van der Waals surface area contributed by atoms with Crippen LogP contribution in [0.1, 0.15) is 22.8 Å². The van der Waals surface area contributed by atoms with Crippen molar-refractivity contribution in [3.63, 3.8) is 0 Å². The van der Waals surface area contributed by atoms with Crippen molar-refractivity contribution in [2.24, 2.45) is 0 Å². The van der Waals surface area contributed by atoms with Crippen LogP contribution in [0.2, 0.25) is 5.02 Å². The van der Waals surface area contributed by atoms with E-state index in [2.05, 4.69) is 24.0 Å². The maximum Gasteiger partial charge on any atom is 0.236 e. The molecule has 0 saturated carbocycles. The molecule has 0 N–H and O–H groups in total. The van der Waals surface area contributed by atoms with Gasteiger partial charge in [0.15, 0.2) is 0 Å². The summed E-state index contributed by atoms with van der Waals surface area (Å²) in [6, 6.07) is 15.9. The topological polar surface area (TPSA) is 32.8 Å². The van der Waals surface area contributed by atoms with Gasteiger partial charge in [0.2, 0.25) is 5.91 Å². The lowest BCUT2D eigenvalue weighted by molar-refractivity contribution is -0.133.